The Morgan fingerprint density at radius 2 is 1.94 bits per heavy atom. The summed E-state index contributed by atoms with van der Waals surface area (Å²) in [6, 6.07) is 9.56. The van der Waals surface area contributed by atoms with E-state index in [-0.39, 0.29) is 0 Å². The predicted molar refractivity (Wildman–Crippen MR) is 64.1 cm³/mol. The van der Waals surface area contributed by atoms with E-state index in [2.05, 4.69) is 15.1 Å². The van der Waals surface area contributed by atoms with Gasteiger partial charge in [0.1, 0.15) is 0 Å². The zero-order valence-electron chi connectivity index (χ0n) is 9.11. The van der Waals surface area contributed by atoms with Crippen molar-refractivity contribution in [3.05, 3.63) is 48.4 Å². The lowest BCUT2D eigenvalue weighted by molar-refractivity contribution is 0.852. The van der Waals surface area contributed by atoms with E-state index in [0.29, 0.717) is 12.4 Å². The molecule has 0 aliphatic rings. The molecule has 5 heteroatoms. The zero-order valence-corrected chi connectivity index (χ0v) is 9.11. The van der Waals surface area contributed by atoms with E-state index < -0.39 is 0 Å². The average Bonchev–Trinajstić information content (AvgIpc) is 2.83. The van der Waals surface area contributed by atoms with Gasteiger partial charge in [-0.25, -0.2) is 9.50 Å². The maximum Gasteiger partial charge on any atom is 0.182 e. The van der Waals surface area contributed by atoms with Crippen LogP contribution in [0.3, 0.4) is 0 Å². The molecule has 84 valence electrons. The molecule has 0 aromatic carbocycles. The molecule has 2 N–H and O–H groups in total. The summed E-state index contributed by atoms with van der Waals surface area (Å²) in [6.45, 7) is 0.441. The molecule has 5 nitrogen and oxygen atoms in total. The Morgan fingerprint density at radius 3 is 2.71 bits per heavy atom. The van der Waals surface area contributed by atoms with Crippen LogP contribution < -0.4 is 5.73 Å². The average molecular weight is 225 g/mol. The summed E-state index contributed by atoms with van der Waals surface area (Å²) in [5.74, 6) is 0.688. The second-order valence-electron chi connectivity index (χ2n) is 3.66. The van der Waals surface area contributed by atoms with Crippen molar-refractivity contribution in [2.24, 2.45) is 5.73 Å². The number of hydrogen-bond donors (Lipinski definition) is 1. The maximum absolute atomic E-state index is 5.67. The van der Waals surface area contributed by atoms with Gasteiger partial charge in [0.25, 0.3) is 0 Å². The fourth-order valence-corrected chi connectivity index (χ4v) is 1.74. The molecule has 3 heterocycles. The second kappa shape index (κ2) is 3.95. The maximum atomic E-state index is 5.67. The number of nitrogens with zero attached hydrogens (tertiary/aromatic N) is 4. The van der Waals surface area contributed by atoms with Crippen LogP contribution in [0.25, 0.3) is 17.0 Å². The van der Waals surface area contributed by atoms with Crippen LogP contribution in [-0.4, -0.2) is 19.6 Å². The lowest BCUT2D eigenvalue weighted by Crippen LogP contribution is -2.04. The van der Waals surface area contributed by atoms with E-state index in [1.165, 1.54) is 0 Å². The molecule has 17 heavy (non-hydrogen) atoms. The molecular formula is C12H11N5. The normalized spacial score (nSPS) is 10.9. The minimum atomic E-state index is 0.441. The second-order valence-corrected chi connectivity index (χ2v) is 3.66. The van der Waals surface area contributed by atoms with Crippen molar-refractivity contribution < 1.29 is 0 Å². The Kier molecular flexibility index (Phi) is 2.31. The van der Waals surface area contributed by atoms with Crippen LogP contribution in [-0.2, 0) is 6.54 Å². The highest BCUT2D eigenvalue weighted by molar-refractivity contribution is 5.57. The summed E-state index contributed by atoms with van der Waals surface area (Å²) in [5, 5.41) is 4.45. The monoisotopic (exact) mass is 225 g/mol. The van der Waals surface area contributed by atoms with E-state index in [4.69, 9.17) is 5.73 Å². The van der Waals surface area contributed by atoms with Crippen molar-refractivity contribution in [2.45, 2.75) is 6.54 Å². The summed E-state index contributed by atoms with van der Waals surface area (Å²) >= 11 is 0. The van der Waals surface area contributed by atoms with Gasteiger partial charge in [-0.2, -0.15) is 0 Å². The number of hydrogen-bond acceptors (Lipinski definition) is 4. The molecule has 0 bridgehead atoms. The highest BCUT2D eigenvalue weighted by atomic mass is 15.3. The minimum Gasteiger partial charge on any atom is -0.325 e. The van der Waals surface area contributed by atoms with Crippen LogP contribution >= 0.6 is 0 Å². The zero-order chi connectivity index (χ0) is 11.7. The Labute approximate surface area is 97.9 Å². The fourth-order valence-electron chi connectivity index (χ4n) is 1.74. The lowest BCUT2D eigenvalue weighted by atomic mass is 10.3. The van der Waals surface area contributed by atoms with Gasteiger partial charge in [-0.1, -0.05) is 6.07 Å². The van der Waals surface area contributed by atoms with E-state index in [0.717, 1.165) is 16.9 Å². The van der Waals surface area contributed by atoms with Gasteiger partial charge in [-0.15, -0.1) is 5.10 Å². The molecule has 0 unspecified atom stereocenters. The minimum absolute atomic E-state index is 0.441. The number of pyridine rings is 2. The van der Waals surface area contributed by atoms with Crippen LogP contribution in [0.15, 0.2) is 42.7 Å². The molecule has 0 amide bonds. The molecule has 3 rings (SSSR count). The van der Waals surface area contributed by atoms with Gasteiger partial charge < -0.3 is 5.73 Å². The third-order valence-corrected chi connectivity index (χ3v) is 2.59. The third-order valence-electron chi connectivity index (χ3n) is 2.59. The van der Waals surface area contributed by atoms with Gasteiger partial charge in [0.2, 0.25) is 0 Å². The van der Waals surface area contributed by atoms with Crippen molar-refractivity contribution in [1.29, 1.82) is 0 Å². The first-order valence-corrected chi connectivity index (χ1v) is 5.33. The van der Waals surface area contributed by atoms with Gasteiger partial charge in [0.15, 0.2) is 11.5 Å². The van der Waals surface area contributed by atoms with E-state index in [1.54, 1.807) is 16.9 Å². The fraction of sp³-hybridized carbons (Fsp3) is 0.0833. The van der Waals surface area contributed by atoms with Crippen LogP contribution in [0.2, 0.25) is 0 Å². The Morgan fingerprint density at radius 1 is 1.12 bits per heavy atom. The molecule has 0 radical (unpaired) electrons. The summed E-state index contributed by atoms with van der Waals surface area (Å²) in [4.78, 5) is 8.44. The highest BCUT2D eigenvalue weighted by Gasteiger charge is 2.07. The smallest absolute Gasteiger partial charge is 0.182 e. The molecule has 0 saturated carbocycles. The molecule has 0 spiro atoms. The van der Waals surface area contributed by atoms with Gasteiger partial charge >= 0.3 is 0 Å². The van der Waals surface area contributed by atoms with Crippen LogP contribution in [0.1, 0.15) is 5.69 Å². The van der Waals surface area contributed by atoms with Gasteiger partial charge in [-0.05, 0) is 24.3 Å². The van der Waals surface area contributed by atoms with Crippen molar-refractivity contribution in [2.75, 3.05) is 0 Å². The quantitative estimate of drug-likeness (QED) is 0.712. The summed E-state index contributed by atoms with van der Waals surface area (Å²) in [6.07, 6.45) is 3.45. The van der Waals surface area contributed by atoms with Crippen LogP contribution in [0, 0.1) is 0 Å². The van der Waals surface area contributed by atoms with Crippen LogP contribution in [0.4, 0.5) is 0 Å². The highest BCUT2D eigenvalue weighted by Crippen LogP contribution is 2.15. The van der Waals surface area contributed by atoms with Gasteiger partial charge in [0.05, 0.1) is 5.69 Å². The van der Waals surface area contributed by atoms with Crippen molar-refractivity contribution >= 4 is 5.65 Å². The third kappa shape index (κ3) is 1.66. The molecule has 0 fully saturated rings. The number of nitrogens with two attached hydrogens (primary N) is 1. The first-order chi connectivity index (χ1) is 8.38. The number of fused-ring (bicyclic) bond motifs is 1. The standard InChI is InChI=1S/C12H11N5/c13-8-10-2-1-3-11-15-12(16-17(10)11)9-4-6-14-7-5-9/h1-7H,8,13H2. The first kappa shape index (κ1) is 9.92. The summed E-state index contributed by atoms with van der Waals surface area (Å²) < 4.78 is 1.77. The van der Waals surface area contributed by atoms with Crippen molar-refractivity contribution in [1.82, 2.24) is 19.6 Å². The molecule has 0 saturated heterocycles. The van der Waals surface area contributed by atoms with E-state index >= 15 is 0 Å². The van der Waals surface area contributed by atoms with Gasteiger partial charge in [-0.3, -0.25) is 4.98 Å². The number of aromatic nitrogens is 4. The number of rotatable bonds is 2. The Balaban J connectivity index is 2.20. The SMILES string of the molecule is NCc1cccc2nc(-c3ccncc3)nn12. The molecule has 0 aliphatic heterocycles. The Bertz CT molecular complexity index is 644. The largest absolute Gasteiger partial charge is 0.325 e. The molecule has 3 aromatic rings. The summed E-state index contributed by atoms with van der Waals surface area (Å²) in [7, 11) is 0. The predicted octanol–water partition coefficient (Wildman–Crippen LogP) is 1.25. The summed E-state index contributed by atoms with van der Waals surface area (Å²) in [5.41, 5.74) is 8.36. The van der Waals surface area contributed by atoms with Crippen molar-refractivity contribution in [3.8, 4) is 11.4 Å². The Hall–Kier alpha value is -2.27. The van der Waals surface area contributed by atoms with Gasteiger partial charge in [0, 0.05) is 24.5 Å². The first-order valence-electron chi connectivity index (χ1n) is 5.33. The van der Waals surface area contributed by atoms with Crippen LogP contribution in [0.5, 0.6) is 0 Å². The van der Waals surface area contributed by atoms with Crippen molar-refractivity contribution in [3.63, 3.8) is 0 Å². The molecule has 0 atom stereocenters. The molecule has 3 aromatic heterocycles. The van der Waals surface area contributed by atoms with E-state index in [9.17, 15) is 0 Å². The molecule has 0 aliphatic carbocycles. The topological polar surface area (TPSA) is 69.1 Å². The molecular weight excluding hydrogens is 214 g/mol. The lowest BCUT2D eigenvalue weighted by Gasteiger charge is -1.98. The van der Waals surface area contributed by atoms with E-state index in [1.807, 2.05) is 30.3 Å².